The summed E-state index contributed by atoms with van der Waals surface area (Å²) in [6.07, 6.45) is 0. The SMILES string of the molecule is CC(C)(C#N)c1ccc(NCc2ccccc2F)cc1. The van der Waals surface area contributed by atoms with E-state index >= 15 is 0 Å². The molecule has 0 aliphatic carbocycles. The van der Waals surface area contributed by atoms with Gasteiger partial charge in [0.1, 0.15) is 5.82 Å². The third-order valence-corrected chi connectivity index (χ3v) is 3.33. The Bertz CT molecular complexity index is 624. The molecule has 20 heavy (non-hydrogen) atoms. The number of nitriles is 1. The summed E-state index contributed by atoms with van der Waals surface area (Å²) in [5.41, 5.74) is 2.01. The van der Waals surface area contributed by atoms with E-state index in [1.807, 2.05) is 44.2 Å². The standard InChI is InChI=1S/C17H17FN2/c1-17(2,12-19)14-7-9-15(10-8-14)20-11-13-5-3-4-6-16(13)18/h3-10,20H,11H2,1-2H3. The first-order chi connectivity index (χ1) is 9.53. The van der Waals surface area contributed by atoms with Crippen LogP contribution >= 0.6 is 0 Å². The number of hydrogen-bond donors (Lipinski definition) is 1. The lowest BCUT2D eigenvalue weighted by atomic mass is 9.86. The summed E-state index contributed by atoms with van der Waals surface area (Å²) >= 11 is 0. The van der Waals surface area contributed by atoms with Gasteiger partial charge in [-0.3, -0.25) is 0 Å². The molecular formula is C17H17FN2. The molecule has 0 bridgehead atoms. The van der Waals surface area contributed by atoms with Gasteiger partial charge in [0.25, 0.3) is 0 Å². The maximum absolute atomic E-state index is 13.5. The molecule has 0 spiro atoms. The molecule has 2 nitrogen and oxygen atoms in total. The van der Waals surface area contributed by atoms with Gasteiger partial charge in [-0.1, -0.05) is 30.3 Å². The minimum absolute atomic E-state index is 0.206. The van der Waals surface area contributed by atoms with Crippen LogP contribution < -0.4 is 5.32 Å². The maximum atomic E-state index is 13.5. The van der Waals surface area contributed by atoms with Crippen LogP contribution in [-0.2, 0) is 12.0 Å². The fraction of sp³-hybridized carbons (Fsp3) is 0.235. The van der Waals surface area contributed by atoms with E-state index in [0.29, 0.717) is 12.1 Å². The second-order valence-electron chi connectivity index (χ2n) is 5.26. The molecule has 0 atom stereocenters. The molecule has 3 heteroatoms. The zero-order valence-electron chi connectivity index (χ0n) is 11.7. The molecule has 2 aromatic rings. The average molecular weight is 268 g/mol. The van der Waals surface area contributed by atoms with Gasteiger partial charge >= 0.3 is 0 Å². The third kappa shape index (κ3) is 3.16. The molecule has 102 valence electrons. The summed E-state index contributed by atoms with van der Waals surface area (Å²) in [6, 6.07) is 16.7. The Morgan fingerprint density at radius 3 is 2.35 bits per heavy atom. The largest absolute Gasteiger partial charge is 0.381 e. The Morgan fingerprint density at radius 1 is 1.10 bits per heavy atom. The van der Waals surface area contributed by atoms with E-state index in [4.69, 9.17) is 5.26 Å². The highest BCUT2D eigenvalue weighted by Gasteiger charge is 2.18. The molecule has 0 amide bonds. The molecule has 1 N–H and O–H groups in total. The minimum Gasteiger partial charge on any atom is -0.381 e. The number of benzene rings is 2. The van der Waals surface area contributed by atoms with Gasteiger partial charge in [0.15, 0.2) is 0 Å². The Morgan fingerprint density at radius 2 is 1.75 bits per heavy atom. The van der Waals surface area contributed by atoms with Crippen LogP contribution in [0.25, 0.3) is 0 Å². The topological polar surface area (TPSA) is 35.8 Å². The van der Waals surface area contributed by atoms with Crippen LogP contribution in [0.2, 0.25) is 0 Å². The number of hydrogen-bond acceptors (Lipinski definition) is 2. The van der Waals surface area contributed by atoms with Crippen LogP contribution in [0.1, 0.15) is 25.0 Å². The summed E-state index contributed by atoms with van der Waals surface area (Å²) in [6.45, 7) is 4.21. The van der Waals surface area contributed by atoms with E-state index in [-0.39, 0.29) is 5.82 Å². The molecule has 2 rings (SSSR count). The fourth-order valence-electron chi connectivity index (χ4n) is 1.91. The van der Waals surface area contributed by atoms with Gasteiger partial charge in [0.2, 0.25) is 0 Å². The van der Waals surface area contributed by atoms with Gasteiger partial charge in [-0.15, -0.1) is 0 Å². The van der Waals surface area contributed by atoms with E-state index in [9.17, 15) is 4.39 Å². The van der Waals surface area contributed by atoms with Crippen molar-refractivity contribution in [2.45, 2.75) is 25.8 Å². The number of nitrogens with one attached hydrogen (secondary N) is 1. The number of anilines is 1. The molecular weight excluding hydrogens is 251 g/mol. The lowest BCUT2D eigenvalue weighted by Crippen LogP contribution is -2.13. The van der Waals surface area contributed by atoms with Crippen molar-refractivity contribution < 1.29 is 4.39 Å². The molecule has 0 aromatic heterocycles. The van der Waals surface area contributed by atoms with Crippen molar-refractivity contribution in [1.29, 1.82) is 5.26 Å². The van der Waals surface area contributed by atoms with Crippen molar-refractivity contribution in [3.05, 3.63) is 65.5 Å². The minimum atomic E-state index is -0.496. The molecule has 0 unspecified atom stereocenters. The van der Waals surface area contributed by atoms with E-state index in [0.717, 1.165) is 11.3 Å². The van der Waals surface area contributed by atoms with Crippen molar-refractivity contribution in [1.82, 2.24) is 0 Å². The van der Waals surface area contributed by atoms with E-state index in [1.165, 1.54) is 6.07 Å². The predicted molar refractivity (Wildman–Crippen MR) is 78.8 cm³/mol. The van der Waals surface area contributed by atoms with Crippen molar-refractivity contribution in [2.24, 2.45) is 0 Å². The number of rotatable bonds is 4. The highest BCUT2D eigenvalue weighted by atomic mass is 19.1. The quantitative estimate of drug-likeness (QED) is 0.900. The van der Waals surface area contributed by atoms with E-state index in [1.54, 1.807) is 12.1 Å². The second-order valence-corrected chi connectivity index (χ2v) is 5.26. The summed E-state index contributed by atoms with van der Waals surface area (Å²) < 4.78 is 13.5. The highest BCUT2D eigenvalue weighted by Crippen LogP contribution is 2.23. The summed E-state index contributed by atoms with van der Waals surface area (Å²) in [7, 11) is 0. The average Bonchev–Trinajstić information content (AvgIpc) is 2.47. The van der Waals surface area contributed by atoms with Crippen LogP contribution in [0.5, 0.6) is 0 Å². The molecule has 0 radical (unpaired) electrons. The highest BCUT2D eigenvalue weighted by molar-refractivity contribution is 5.47. The smallest absolute Gasteiger partial charge is 0.128 e. The summed E-state index contributed by atoms with van der Waals surface area (Å²) in [4.78, 5) is 0. The summed E-state index contributed by atoms with van der Waals surface area (Å²) in [5.74, 6) is -0.206. The molecule has 0 aliphatic rings. The Labute approximate surface area is 118 Å². The van der Waals surface area contributed by atoms with Gasteiger partial charge < -0.3 is 5.32 Å². The monoisotopic (exact) mass is 268 g/mol. The maximum Gasteiger partial charge on any atom is 0.128 e. The zero-order valence-corrected chi connectivity index (χ0v) is 11.7. The van der Waals surface area contributed by atoms with Crippen LogP contribution in [0, 0.1) is 17.1 Å². The Kier molecular flexibility index (Phi) is 4.05. The second kappa shape index (κ2) is 5.75. The molecule has 2 aromatic carbocycles. The molecule has 0 fully saturated rings. The Hall–Kier alpha value is -2.34. The van der Waals surface area contributed by atoms with Crippen molar-refractivity contribution in [3.63, 3.8) is 0 Å². The van der Waals surface area contributed by atoms with Crippen LogP contribution in [-0.4, -0.2) is 0 Å². The molecule has 0 heterocycles. The molecule has 0 saturated heterocycles. The number of halogens is 1. The lowest BCUT2D eigenvalue weighted by Gasteiger charge is -2.16. The number of nitrogens with zero attached hydrogens (tertiary/aromatic N) is 1. The van der Waals surface area contributed by atoms with Crippen LogP contribution in [0.4, 0.5) is 10.1 Å². The normalized spacial score (nSPS) is 10.9. The predicted octanol–water partition coefficient (Wildman–Crippen LogP) is 4.24. The van der Waals surface area contributed by atoms with Crippen molar-refractivity contribution in [2.75, 3.05) is 5.32 Å². The van der Waals surface area contributed by atoms with Gasteiger partial charge in [-0.2, -0.15) is 5.26 Å². The fourth-order valence-corrected chi connectivity index (χ4v) is 1.91. The molecule has 0 saturated carbocycles. The first-order valence-corrected chi connectivity index (χ1v) is 6.52. The van der Waals surface area contributed by atoms with E-state index < -0.39 is 5.41 Å². The van der Waals surface area contributed by atoms with E-state index in [2.05, 4.69) is 11.4 Å². The zero-order chi connectivity index (χ0) is 14.6. The van der Waals surface area contributed by atoms with Crippen LogP contribution in [0.15, 0.2) is 48.5 Å². The van der Waals surface area contributed by atoms with Gasteiger partial charge in [0.05, 0.1) is 11.5 Å². The van der Waals surface area contributed by atoms with Gasteiger partial charge in [-0.05, 0) is 37.6 Å². The first kappa shape index (κ1) is 14.1. The Balaban J connectivity index is 2.06. The van der Waals surface area contributed by atoms with Gasteiger partial charge in [-0.25, -0.2) is 4.39 Å². The van der Waals surface area contributed by atoms with Crippen molar-refractivity contribution in [3.8, 4) is 6.07 Å². The first-order valence-electron chi connectivity index (χ1n) is 6.52. The lowest BCUT2D eigenvalue weighted by molar-refractivity contribution is 0.613. The van der Waals surface area contributed by atoms with Gasteiger partial charge in [0, 0.05) is 17.8 Å². The molecule has 0 aliphatic heterocycles. The van der Waals surface area contributed by atoms with Crippen LogP contribution in [0.3, 0.4) is 0 Å². The third-order valence-electron chi connectivity index (χ3n) is 3.33. The van der Waals surface area contributed by atoms with Crippen molar-refractivity contribution >= 4 is 5.69 Å². The summed E-state index contributed by atoms with van der Waals surface area (Å²) in [5, 5.41) is 12.3.